The van der Waals surface area contributed by atoms with Gasteiger partial charge in [0.1, 0.15) is 5.69 Å². The summed E-state index contributed by atoms with van der Waals surface area (Å²) in [5.74, 6) is 0.0245. The van der Waals surface area contributed by atoms with E-state index in [1.165, 1.54) is 0 Å². The molecule has 0 saturated carbocycles. The van der Waals surface area contributed by atoms with Crippen molar-refractivity contribution in [3.63, 3.8) is 0 Å². The Morgan fingerprint density at radius 1 is 1.16 bits per heavy atom. The molecule has 1 amide bonds. The number of carbonyl (C=O) groups excluding carboxylic acids is 1. The zero-order valence-electron chi connectivity index (χ0n) is 13.9. The number of carbonyl (C=O) groups is 1. The predicted octanol–water partition coefficient (Wildman–Crippen LogP) is 4.79. The van der Waals surface area contributed by atoms with Crippen LogP contribution >= 0.6 is 15.9 Å². The van der Waals surface area contributed by atoms with E-state index < -0.39 is 0 Å². The standard InChI is InChI=1S/C20H18BrN3O/c1-2-11-24-19(14-9-6-10-15(21)12-14)16-17(13-7-4-3-5-8-13)22-23-18(16)20(24)25/h3-10,12,19H,2,11H2,1H3,(H,22,23). The highest BCUT2D eigenvalue weighted by Gasteiger charge is 2.41. The highest BCUT2D eigenvalue weighted by molar-refractivity contribution is 9.10. The van der Waals surface area contributed by atoms with Gasteiger partial charge in [0, 0.05) is 22.1 Å². The van der Waals surface area contributed by atoms with Crippen LogP contribution in [-0.2, 0) is 0 Å². The molecule has 2 heterocycles. The summed E-state index contributed by atoms with van der Waals surface area (Å²) in [6, 6.07) is 18.1. The van der Waals surface area contributed by atoms with Crippen LogP contribution in [0.5, 0.6) is 0 Å². The van der Waals surface area contributed by atoms with E-state index in [1.54, 1.807) is 0 Å². The van der Waals surface area contributed by atoms with E-state index in [0.29, 0.717) is 12.2 Å². The third-order valence-corrected chi connectivity index (χ3v) is 5.03. The van der Waals surface area contributed by atoms with Crippen molar-refractivity contribution >= 4 is 21.8 Å². The molecule has 0 saturated heterocycles. The molecule has 0 spiro atoms. The number of halogens is 1. The van der Waals surface area contributed by atoms with Gasteiger partial charge in [-0.05, 0) is 24.1 Å². The Morgan fingerprint density at radius 2 is 1.96 bits per heavy atom. The van der Waals surface area contributed by atoms with Crippen LogP contribution in [0, 0.1) is 0 Å². The topological polar surface area (TPSA) is 49.0 Å². The molecule has 25 heavy (non-hydrogen) atoms. The molecule has 1 aromatic heterocycles. The fraction of sp³-hybridized carbons (Fsp3) is 0.200. The normalized spacial score (nSPS) is 16.3. The number of aromatic amines is 1. The van der Waals surface area contributed by atoms with Gasteiger partial charge in [0.25, 0.3) is 5.91 Å². The van der Waals surface area contributed by atoms with Gasteiger partial charge in [-0.3, -0.25) is 9.89 Å². The van der Waals surface area contributed by atoms with E-state index in [0.717, 1.165) is 33.3 Å². The largest absolute Gasteiger partial charge is 0.326 e. The first-order chi connectivity index (χ1) is 12.2. The van der Waals surface area contributed by atoms with Crippen LogP contribution in [0.3, 0.4) is 0 Å². The Bertz CT molecular complexity index is 920. The second-order valence-electron chi connectivity index (χ2n) is 6.18. The van der Waals surface area contributed by atoms with Crippen molar-refractivity contribution in [1.29, 1.82) is 0 Å². The summed E-state index contributed by atoms with van der Waals surface area (Å²) in [4.78, 5) is 14.9. The number of fused-ring (bicyclic) bond motifs is 1. The van der Waals surface area contributed by atoms with Crippen LogP contribution in [0.15, 0.2) is 59.1 Å². The second kappa shape index (κ2) is 6.48. The van der Waals surface area contributed by atoms with Gasteiger partial charge in [0.05, 0.1) is 11.7 Å². The maximum atomic E-state index is 12.9. The van der Waals surface area contributed by atoms with Gasteiger partial charge in [-0.2, -0.15) is 5.10 Å². The van der Waals surface area contributed by atoms with Crippen molar-refractivity contribution in [1.82, 2.24) is 15.1 Å². The van der Waals surface area contributed by atoms with Crippen molar-refractivity contribution < 1.29 is 4.79 Å². The molecule has 1 N–H and O–H groups in total. The number of rotatable bonds is 4. The highest BCUT2D eigenvalue weighted by atomic mass is 79.9. The van der Waals surface area contributed by atoms with Gasteiger partial charge in [-0.25, -0.2) is 0 Å². The van der Waals surface area contributed by atoms with Gasteiger partial charge >= 0.3 is 0 Å². The number of nitrogens with zero attached hydrogens (tertiary/aromatic N) is 2. The molecular formula is C20H18BrN3O. The number of hydrogen-bond acceptors (Lipinski definition) is 2. The van der Waals surface area contributed by atoms with Gasteiger partial charge in [0.2, 0.25) is 0 Å². The first-order valence-electron chi connectivity index (χ1n) is 8.40. The fourth-order valence-corrected chi connectivity index (χ4v) is 3.92. The molecule has 2 aromatic carbocycles. The average molecular weight is 396 g/mol. The van der Waals surface area contributed by atoms with Crippen LogP contribution in [-0.4, -0.2) is 27.5 Å². The van der Waals surface area contributed by atoms with Crippen molar-refractivity contribution in [2.75, 3.05) is 6.54 Å². The Labute approximate surface area is 155 Å². The Morgan fingerprint density at radius 3 is 2.68 bits per heavy atom. The minimum Gasteiger partial charge on any atom is -0.326 e. The van der Waals surface area contributed by atoms with Gasteiger partial charge < -0.3 is 4.90 Å². The van der Waals surface area contributed by atoms with Gasteiger partial charge in [-0.1, -0.05) is 65.3 Å². The van der Waals surface area contributed by atoms with Crippen molar-refractivity contribution in [3.05, 3.63) is 75.9 Å². The minimum absolute atomic E-state index is 0.0245. The maximum Gasteiger partial charge on any atom is 0.273 e. The minimum atomic E-state index is -0.117. The molecule has 1 aliphatic rings. The van der Waals surface area contributed by atoms with Gasteiger partial charge in [0.15, 0.2) is 0 Å². The average Bonchev–Trinajstić information content (AvgIpc) is 3.16. The molecular weight excluding hydrogens is 378 g/mol. The maximum absolute atomic E-state index is 12.9. The molecule has 126 valence electrons. The van der Waals surface area contributed by atoms with Crippen LogP contribution in [0.1, 0.15) is 41.0 Å². The summed E-state index contributed by atoms with van der Waals surface area (Å²) in [5.41, 5.74) is 4.55. The van der Waals surface area contributed by atoms with E-state index >= 15 is 0 Å². The van der Waals surface area contributed by atoms with Crippen molar-refractivity contribution in [2.24, 2.45) is 0 Å². The highest BCUT2D eigenvalue weighted by Crippen LogP contribution is 2.43. The molecule has 1 atom stereocenters. The van der Waals surface area contributed by atoms with E-state index in [1.807, 2.05) is 47.4 Å². The summed E-state index contributed by atoms with van der Waals surface area (Å²) in [6.07, 6.45) is 0.911. The monoisotopic (exact) mass is 395 g/mol. The first-order valence-corrected chi connectivity index (χ1v) is 9.20. The fourth-order valence-electron chi connectivity index (χ4n) is 3.51. The Balaban J connectivity index is 1.91. The van der Waals surface area contributed by atoms with Gasteiger partial charge in [-0.15, -0.1) is 0 Å². The third-order valence-electron chi connectivity index (χ3n) is 4.54. The van der Waals surface area contributed by atoms with Crippen LogP contribution in [0.2, 0.25) is 0 Å². The van der Waals surface area contributed by atoms with E-state index in [2.05, 4.69) is 45.2 Å². The van der Waals surface area contributed by atoms with E-state index in [4.69, 9.17) is 0 Å². The third kappa shape index (κ3) is 2.68. The molecule has 1 aliphatic heterocycles. The molecule has 0 fully saturated rings. The molecule has 0 bridgehead atoms. The number of nitrogens with one attached hydrogen (secondary N) is 1. The van der Waals surface area contributed by atoms with Crippen LogP contribution < -0.4 is 0 Å². The first kappa shape index (κ1) is 16.1. The number of benzene rings is 2. The lowest BCUT2D eigenvalue weighted by Crippen LogP contribution is -2.30. The summed E-state index contributed by atoms with van der Waals surface area (Å²) in [5, 5.41) is 7.45. The molecule has 3 aromatic rings. The second-order valence-corrected chi connectivity index (χ2v) is 7.10. The number of hydrogen-bond donors (Lipinski definition) is 1. The Hall–Kier alpha value is -2.40. The smallest absolute Gasteiger partial charge is 0.273 e. The summed E-state index contributed by atoms with van der Waals surface area (Å²) in [7, 11) is 0. The lowest BCUT2D eigenvalue weighted by molar-refractivity contribution is 0.0744. The summed E-state index contributed by atoms with van der Waals surface area (Å²) >= 11 is 3.55. The van der Waals surface area contributed by atoms with Crippen molar-refractivity contribution in [3.8, 4) is 11.3 Å². The Kier molecular flexibility index (Phi) is 4.17. The summed E-state index contributed by atoms with van der Waals surface area (Å²) < 4.78 is 1.01. The van der Waals surface area contributed by atoms with Crippen LogP contribution in [0.4, 0.5) is 0 Å². The summed E-state index contributed by atoms with van der Waals surface area (Å²) in [6.45, 7) is 2.81. The number of aromatic nitrogens is 2. The molecule has 0 aliphatic carbocycles. The van der Waals surface area contributed by atoms with Crippen LogP contribution in [0.25, 0.3) is 11.3 Å². The molecule has 4 nitrogen and oxygen atoms in total. The van der Waals surface area contributed by atoms with Crippen molar-refractivity contribution in [2.45, 2.75) is 19.4 Å². The lowest BCUT2D eigenvalue weighted by atomic mass is 9.96. The molecule has 5 heteroatoms. The predicted molar refractivity (Wildman–Crippen MR) is 101 cm³/mol. The van der Waals surface area contributed by atoms with E-state index in [-0.39, 0.29) is 11.9 Å². The lowest BCUT2D eigenvalue weighted by Gasteiger charge is -2.26. The molecule has 4 rings (SSSR count). The quantitative estimate of drug-likeness (QED) is 0.689. The molecule has 0 radical (unpaired) electrons. The molecule has 1 unspecified atom stereocenters. The van der Waals surface area contributed by atoms with E-state index in [9.17, 15) is 4.79 Å². The SMILES string of the molecule is CCCN1C(=O)c2[nH]nc(-c3ccccc3)c2C1c1cccc(Br)c1. The number of H-pyrrole nitrogens is 1. The zero-order chi connectivity index (χ0) is 17.4. The zero-order valence-corrected chi connectivity index (χ0v) is 15.5. The number of amides is 1.